The number of benzene rings is 1. The van der Waals surface area contributed by atoms with Crippen LogP contribution in [-0.2, 0) is 5.60 Å². The summed E-state index contributed by atoms with van der Waals surface area (Å²) in [6, 6.07) is 2.02. The van der Waals surface area contributed by atoms with Gasteiger partial charge in [0, 0.05) is 5.56 Å². The van der Waals surface area contributed by atoms with Crippen molar-refractivity contribution >= 4 is 0 Å². The highest BCUT2D eigenvalue weighted by Gasteiger charge is 2.52. The summed E-state index contributed by atoms with van der Waals surface area (Å²) >= 11 is 0. The normalized spacial score (nSPS) is 16.0. The molecule has 1 nitrogen and oxygen atoms in total. The van der Waals surface area contributed by atoms with Gasteiger partial charge < -0.3 is 5.11 Å². The van der Waals surface area contributed by atoms with Gasteiger partial charge in [0.2, 0.25) is 0 Å². The second-order valence-corrected chi connectivity index (χ2v) is 3.99. The standard InChI is InChI=1S/C11H12F4O/c1-6-4-8(9(12)5-7(6)2)10(3,16)11(13,14)15/h4-5,16H,1-3H3. The predicted molar refractivity (Wildman–Crippen MR) is 51.5 cm³/mol. The van der Waals surface area contributed by atoms with E-state index in [1.807, 2.05) is 0 Å². The Hall–Kier alpha value is -1.10. The molecule has 90 valence electrons. The minimum absolute atomic E-state index is 0.501. The first-order valence-corrected chi connectivity index (χ1v) is 4.63. The van der Waals surface area contributed by atoms with E-state index >= 15 is 0 Å². The lowest BCUT2D eigenvalue weighted by atomic mass is 9.92. The molecule has 1 rings (SSSR count). The lowest BCUT2D eigenvalue weighted by Crippen LogP contribution is -2.40. The Kier molecular flexibility index (Phi) is 3.02. The Morgan fingerprint density at radius 3 is 1.94 bits per heavy atom. The van der Waals surface area contributed by atoms with Crippen molar-refractivity contribution in [1.29, 1.82) is 0 Å². The maximum atomic E-state index is 13.4. The molecule has 0 spiro atoms. The van der Waals surface area contributed by atoms with Crippen LogP contribution in [0.5, 0.6) is 0 Å². The van der Waals surface area contributed by atoms with Crippen LogP contribution in [0.1, 0.15) is 23.6 Å². The molecule has 0 aliphatic carbocycles. The third kappa shape index (κ3) is 2.04. The summed E-state index contributed by atoms with van der Waals surface area (Å²) < 4.78 is 50.9. The molecule has 0 heterocycles. The van der Waals surface area contributed by atoms with Crippen LogP contribution in [0.15, 0.2) is 12.1 Å². The maximum Gasteiger partial charge on any atom is 0.421 e. The van der Waals surface area contributed by atoms with Crippen LogP contribution in [0.3, 0.4) is 0 Å². The molecule has 0 saturated carbocycles. The van der Waals surface area contributed by atoms with Crippen LogP contribution < -0.4 is 0 Å². The van der Waals surface area contributed by atoms with Gasteiger partial charge in [0.25, 0.3) is 0 Å². The number of halogens is 4. The zero-order chi connectivity index (χ0) is 12.7. The SMILES string of the molecule is Cc1cc(F)c(C(C)(O)C(F)(F)F)cc1C. The van der Waals surface area contributed by atoms with Crippen molar-refractivity contribution in [2.45, 2.75) is 32.5 Å². The van der Waals surface area contributed by atoms with Crippen molar-refractivity contribution in [2.75, 3.05) is 0 Å². The van der Waals surface area contributed by atoms with E-state index < -0.39 is 23.2 Å². The molecule has 1 atom stereocenters. The van der Waals surface area contributed by atoms with Crippen LogP contribution in [0, 0.1) is 19.7 Å². The number of hydrogen-bond donors (Lipinski definition) is 1. The molecule has 16 heavy (non-hydrogen) atoms. The summed E-state index contributed by atoms with van der Waals surface area (Å²) in [7, 11) is 0. The molecule has 1 aromatic carbocycles. The molecule has 0 saturated heterocycles. The van der Waals surface area contributed by atoms with E-state index in [1.165, 1.54) is 0 Å². The van der Waals surface area contributed by atoms with Gasteiger partial charge in [-0.3, -0.25) is 0 Å². The van der Waals surface area contributed by atoms with Gasteiger partial charge in [0.05, 0.1) is 0 Å². The highest BCUT2D eigenvalue weighted by Crippen LogP contribution is 2.40. The number of hydrogen-bond acceptors (Lipinski definition) is 1. The van der Waals surface area contributed by atoms with Crippen molar-refractivity contribution in [3.8, 4) is 0 Å². The molecule has 1 aromatic rings. The lowest BCUT2D eigenvalue weighted by molar-refractivity contribution is -0.259. The average Bonchev–Trinajstić information content (AvgIpc) is 2.09. The fraction of sp³-hybridized carbons (Fsp3) is 0.455. The van der Waals surface area contributed by atoms with E-state index in [9.17, 15) is 22.7 Å². The first-order chi connectivity index (χ1) is 7.07. The summed E-state index contributed by atoms with van der Waals surface area (Å²) in [5, 5.41) is 9.35. The monoisotopic (exact) mass is 236 g/mol. The number of aryl methyl sites for hydroxylation is 2. The van der Waals surface area contributed by atoms with E-state index in [1.54, 1.807) is 13.8 Å². The van der Waals surface area contributed by atoms with Gasteiger partial charge in [0.1, 0.15) is 5.82 Å². The molecule has 0 fully saturated rings. The topological polar surface area (TPSA) is 20.2 Å². The second kappa shape index (κ2) is 3.73. The molecule has 1 N–H and O–H groups in total. The fourth-order valence-corrected chi connectivity index (χ4v) is 1.31. The fourth-order valence-electron chi connectivity index (χ4n) is 1.31. The molecular formula is C11H12F4O. The Labute approximate surface area is 90.7 Å². The molecule has 0 aliphatic heterocycles. The minimum Gasteiger partial charge on any atom is -0.376 e. The van der Waals surface area contributed by atoms with Gasteiger partial charge in [0.15, 0.2) is 5.60 Å². The van der Waals surface area contributed by atoms with E-state index in [0.29, 0.717) is 18.1 Å². The van der Waals surface area contributed by atoms with Crippen LogP contribution in [-0.4, -0.2) is 11.3 Å². The Morgan fingerprint density at radius 1 is 1.06 bits per heavy atom. The van der Waals surface area contributed by atoms with Crippen molar-refractivity contribution in [2.24, 2.45) is 0 Å². The Balaban J connectivity index is 3.39. The van der Waals surface area contributed by atoms with Crippen LogP contribution in [0.25, 0.3) is 0 Å². The number of rotatable bonds is 1. The van der Waals surface area contributed by atoms with Crippen LogP contribution in [0.2, 0.25) is 0 Å². The molecule has 0 amide bonds. The molecule has 0 bridgehead atoms. The van der Waals surface area contributed by atoms with Crippen molar-refractivity contribution in [1.82, 2.24) is 0 Å². The van der Waals surface area contributed by atoms with Crippen LogP contribution in [0.4, 0.5) is 17.6 Å². The van der Waals surface area contributed by atoms with E-state index in [4.69, 9.17) is 0 Å². The van der Waals surface area contributed by atoms with Crippen molar-refractivity contribution in [3.05, 3.63) is 34.6 Å². The molecule has 0 aliphatic rings. The summed E-state index contributed by atoms with van der Waals surface area (Å²) in [6.45, 7) is 3.69. The van der Waals surface area contributed by atoms with Crippen molar-refractivity contribution in [3.63, 3.8) is 0 Å². The highest BCUT2D eigenvalue weighted by atomic mass is 19.4. The van der Waals surface area contributed by atoms with Gasteiger partial charge in [-0.1, -0.05) is 0 Å². The maximum absolute atomic E-state index is 13.4. The van der Waals surface area contributed by atoms with Gasteiger partial charge in [-0.25, -0.2) is 4.39 Å². The van der Waals surface area contributed by atoms with Gasteiger partial charge >= 0.3 is 6.18 Å². The Bertz CT molecular complexity index is 407. The lowest BCUT2D eigenvalue weighted by Gasteiger charge is -2.27. The smallest absolute Gasteiger partial charge is 0.376 e. The first kappa shape index (κ1) is 13.0. The average molecular weight is 236 g/mol. The number of aliphatic hydroxyl groups is 1. The summed E-state index contributed by atoms with van der Waals surface area (Å²) in [6.07, 6.45) is -4.91. The van der Waals surface area contributed by atoms with E-state index in [2.05, 4.69) is 0 Å². The van der Waals surface area contributed by atoms with Gasteiger partial charge in [-0.2, -0.15) is 13.2 Å². The summed E-state index contributed by atoms with van der Waals surface area (Å²) in [4.78, 5) is 0. The highest BCUT2D eigenvalue weighted by molar-refractivity contribution is 5.35. The van der Waals surface area contributed by atoms with Crippen LogP contribution >= 0.6 is 0 Å². The molecule has 0 aromatic heterocycles. The third-order valence-electron chi connectivity index (χ3n) is 2.66. The predicted octanol–water partition coefficient (Wildman–Crippen LogP) is 3.21. The zero-order valence-electron chi connectivity index (χ0n) is 9.11. The number of alkyl halides is 3. The molecular weight excluding hydrogens is 224 g/mol. The largest absolute Gasteiger partial charge is 0.421 e. The van der Waals surface area contributed by atoms with Crippen molar-refractivity contribution < 1.29 is 22.7 Å². The summed E-state index contributed by atoms with van der Waals surface area (Å²) in [5.74, 6) is -1.05. The quantitative estimate of drug-likeness (QED) is 0.742. The third-order valence-corrected chi connectivity index (χ3v) is 2.66. The van der Waals surface area contributed by atoms with Gasteiger partial charge in [-0.05, 0) is 44.0 Å². The minimum atomic E-state index is -4.91. The molecule has 0 radical (unpaired) electrons. The van der Waals surface area contributed by atoms with E-state index in [-0.39, 0.29) is 0 Å². The Morgan fingerprint density at radius 2 is 1.50 bits per heavy atom. The summed E-state index contributed by atoms with van der Waals surface area (Å²) in [5.41, 5.74) is -2.88. The second-order valence-electron chi connectivity index (χ2n) is 3.99. The van der Waals surface area contributed by atoms with Gasteiger partial charge in [-0.15, -0.1) is 0 Å². The molecule has 1 unspecified atom stereocenters. The zero-order valence-corrected chi connectivity index (χ0v) is 9.11. The first-order valence-electron chi connectivity index (χ1n) is 4.63. The molecule has 5 heteroatoms. The van der Waals surface area contributed by atoms with E-state index in [0.717, 1.165) is 12.1 Å².